The first-order valence-electron chi connectivity index (χ1n) is 9.59. The predicted molar refractivity (Wildman–Crippen MR) is 110 cm³/mol. The molecule has 1 aromatic carbocycles. The summed E-state index contributed by atoms with van der Waals surface area (Å²) in [6.45, 7) is 2.64. The second kappa shape index (κ2) is 8.08. The average molecular weight is 373 g/mol. The van der Waals surface area contributed by atoms with Gasteiger partial charge < -0.3 is 10.3 Å². The Labute approximate surface area is 163 Å². The Morgan fingerprint density at radius 3 is 2.86 bits per heavy atom. The number of para-hydroxylation sites is 1. The lowest BCUT2D eigenvalue weighted by Crippen LogP contribution is -2.25. The fraction of sp³-hybridized carbons (Fsp3) is 0.227. The Hall–Kier alpha value is -3.41. The van der Waals surface area contributed by atoms with Crippen LogP contribution in [0.3, 0.4) is 0 Å². The van der Waals surface area contributed by atoms with Crippen molar-refractivity contribution in [2.75, 3.05) is 6.54 Å². The maximum absolute atomic E-state index is 12.7. The maximum atomic E-state index is 12.7. The normalized spacial score (nSPS) is 11.0. The molecule has 0 saturated carbocycles. The molecule has 4 aromatic rings. The number of rotatable bonds is 7. The molecule has 0 bridgehead atoms. The van der Waals surface area contributed by atoms with Gasteiger partial charge in [0.05, 0.1) is 17.5 Å². The van der Waals surface area contributed by atoms with E-state index in [-0.39, 0.29) is 5.91 Å². The summed E-state index contributed by atoms with van der Waals surface area (Å²) in [4.78, 5) is 20.3. The van der Waals surface area contributed by atoms with Crippen molar-refractivity contribution < 1.29 is 4.79 Å². The van der Waals surface area contributed by atoms with Crippen LogP contribution in [-0.4, -0.2) is 32.2 Å². The van der Waals surface area contributed by atoms with Gasteiger partial charge in [-0.15, -0.1) is 0 Å². The largest absolute Gasteiger partial charge is 0.361 e. The predicted octanol–water partition coefficient (Wildman–Crippen LogP) is 3.67. The summed E-state index contributed by atoms with van der Waals surface area (Å²) >= 11 is 0. The summed E-state index contributed by atoms with van der Waals surface area (Å²) in [7, 11) is 0. The fourth-order valence-electron chi connectivity index (χ4n) is 3.49. The van der Waals surface area contributed by atoms with Crippen molar-refractivity contribution in [2.45, 2.75) is 26.2 Å². The summed E-state index contributed by atoms with van der Waals surface area (Å²) in [5.41, 5.74) is 3.91. The van der Waals surface area contributed by atoms with E-state index in [0.717, 1.165) is 29.9 Å². The molecule has 2 N–H and O–H groups in total. The van der Waals surface area contributed by atoms with E-state index in [2.05, 4.69) is 38.7 Å². The molecule has 1 amide bonds. The Bertz CT molecular complexity index is 1080. The van der Waals surface area contributed by atoms with E-state index >= 15 is 0 Å². The molecule has 0 fully saturated rings. The number of pyridine rings is 1. The number of aryl methyl sites for hydroxylation is 1. The first-order chi connectivity index (χ1) is 13.8. The Balaban J connectivity index is 1.38. The van der Waals surface area contributed by atoms with Crippen LogP contribution in [0.15, 0.2) is 61.1 Å². The highest BCUT2D eigenvalue weighted by molar-refractivity contribution is 5.95. The van der Waals surface area contributed by atoms with Crippen LogP contribution in [-0.2, 0) is 12.8 Å². The van der Waals surface area contributed by atoms with Crippen LogP contribution >= 0.6 is 0 Å². The summed E-state index contributed by atoms with van der Waals surface area (Å²) in [6.07, 6.45) is 7.90. The molecular formula is C22H23N5O. The molecule has 6 heteroatoms. The second-order valence-electron chi connectivity index (χ2n) is 6.68. The first-order valence-corrected chi connectivity index (χ1v) is 9.59. The molecule has 0 aliphatic heterocycles. The minimum Gasteiger partial charge on any atom is -0.361 e. The number of nitrogens with zero attached hydrogens (tertiary/aromatic N) is 3. The molecule has 3 heterocycles. The molecule has 0 saturated heterocycles. The van der Waals surface area contributed by atoms with Crippen LogP contribution in [0.4, 0.5) is 0 Å². The van der Waals surface area contributed by atoms with Crippen molar-refractivity contribution in [1.29, 1.82) is 0 Å². The highest BCUT2D eigenvalue weighted by atomic mass is 16.1. The lowest BCUT2D eigenvalue weighted by molar-refractivity contribution is 0.0952. The van der Waals surface area contributed by atoms with E-state index < -0.39 is 0 Å². The summed E-state index contributed by atoms with van der Waals surface area (Å²) < 4.78 is 1.74. The van der Waals surface area contributed by atoms with E-state index in [1.54, 1.807) is 17.1 Å². The number of hydrogen-bond donors (Lipinski definition) is 2. The summed E-state index contributed by atoms with van der Waals surface area (Å²) in [5, 5.41) is 8.65. The summed E-state index contributed by atoms with van der Waals surface area (Å²) in [5.74, 6) is 0.635. The second-order valence-corrected chi connectivity index (χ2v) is 6.68. The minimum atomic E-state index is -0.0852. The zero-order chi connectivity index (χ0) is 19.3. The van der Waals surface area contributed by atoms with Gasteiger partial charge in [-0.05, 0) is 43.0 Å². The quantitative estimate of drug-likeness (QED) is 0.485. The number of benzene rings is 1. The number of carbonyl (C=O) groups is 1. The molecule has 28 heavy (non-hydrogen) atoms. The third-order valence-electron chi connectivity index (χ3n) is 4.90. The Kier molecular flexibility index (Phi) is 5.19. The molecule has 0 radical (unpaired) electrons. The number of aromatic nitrogens is 4. The Morgan fingerprint density at radius 2 is 2.04 bits per heavy atom. The number of fused-ring (bicyclic) bond motifs is 1. The van der Waals surface area contributed by atoms with Gasteiger partial charge in [-0.3, -0.25) is 4.79 Å². The molecule has 0 spiro atoms. The molecule has 4 rings (SSSR count). The van der Waals surface area contributed by atoms with Crippen molar-refractivity contribution >= 4 is 16.8 Å². The number of aromatic amines is 1. The van der Waals surface area contributed by atoms with Gasteiger partial charge in [-0.1, -0.05) is 31.2 Å². The van der Waals surface area contributed by atoms with E-state index in [1.165, 1.54) is 10.9 Å². The molecular weight excluding hydrogens is 350 g/mol. The van der Waals surface area contributed by atoms with Gasteiger partial charge in [0.25, 0.3) is 5.91 Å². The van der Waals surface area contributed by atoms with E-state index in [4.69, 9.17) is 0 Å². The molecule has 0 aliphatic rings. The van der Waals surface area contributed by atoms with Crippen LogP contribution < -0.4 is 5.32 Å². The number of H-pyrrole nitrogens is 1. The first kappa shape index (κ1) is 18.0. The minimum absolute atomic E-state index is 0.0852. The van der Waals surface area contributed by atoms with Crippen LogP contribution in [0, 0.1) is 0 Å². The van der Waals surface area contributed by atoms with Gasteiger partial charge in [0.1, 0.15) is 0 Å². The lowest BCUT2D eigenvalue weighted by Gasteiger charge is -2.08. The number of nitrogens with one attached hydrogen (secondary N) is 2. The van der Waals surface area contributed by atoms with Crippen molar-refractivity contribution in [3.05, 3.63) is 77.9 Å². The van der Waals surface area contributed by atoms with Gasteiger partial charge >= 0.3 is 0 Å². The van der Waals surface area contributed by atoms with Gasteiger partial charge in [-0.25, -0.2) is 9.67 Å². The third-order valence-corrected chi connectivity index (χ3v) is 4.90. The number of carbonyl (C=O) groups excluding carboxylic acids is 1. The monoisotopic (exact) mass is 373 g/mol. The zero-order valence-corrected chi connectivity index (χ0v) is 15.9. The standard InChI is InChI=1S/C22H23N5O/c1-2-20-18(15-26-27(20)21-11-5-6-12-23-21)22(28)24-13-7-8-16-14-25-19-10-4-3-9-17(16)19/h3-6,9-12,14-15,25H,2,7-8,13H2,1H3,(H,24,28). The fourth-order valence-corrected chi connectivity index (χ4v) is 3.49. The topological polar surface area (TPSA) is 75.6 Å². The van der Waals surface area contributed by atoms with Crippen LogP contribution in [0.25, 0.3) is 16.7 Å². The van der Waals surface area contributed by atoms with Gasteiger partial charge in [0, 0.05) is 29.8 Å². The van der Waals surface area contributed by atoms with Crippen molar-refractivity contribution in [1.82, 2.24) is 25.1 Å². The van der Waals surface area contributed by atoms with E-state index in [9.17, 15) is 4.79 Å². The number of hydrogen-bond acceptors (Lipinski definition) is 3. The van der Waals surface area contributed by atoms with Gasteiger partial charge in [0.15, 0.2) is 5.82 Å². The zero-order valence-electron chi connectivity index (χ0n) is 15.9. The third kappa shape index (κ3) is 3.53. The van der Waals surface area contributed by atoms with E-state index in [1.807, 2.05) is 37.3 Å². The average Bonchev–Trinajstić information content (AvgIpc) is 3.36. The lowest BCUT2D eigenvalue weighted by atomic mass is 10.1. The van der Waals surface area contributed by atoms with Crippen molar-refractivity contribution in [3.63, 3.8) is 0 Å². The molecule has 0 unspecified atom stereocenters. The maximum Gasteiger partial charge on any atom is 0.254 e. The SMILES string of the molecule is CCc1c(C(=O)NCCCc2c[nH]c3ccccc23)cnn1-c1ccccn1. The van der Waals surface area contributed by atoms with E-state index in [0.29, 0.717) is 18.5 Å². The smallest absolute Gasteiger partial charge is 0.254 e. The molecule has 0 atom stereocenters. The van der Waals surface area contributed by atoms with Crippen LogP contribution in [0.5, 0.6) is 0 Å². The number of amides is 1. The van der Waals surface area contributed by atoms with Crippen molar-refractivity contribution in [2.24, 2.45) is 0 Å². The Morgan fingerprint density at radius 1 is 1.18 bits per heavy atom. The van der Waals surface area contributed by atoms with Gasteiger partial charge in [-0.2, -0.15) is 5.10 Å². The summed E-state index contributed by atoms with van der Waals surface area (Å²) in [6, 6.07) is 13.9. The van der Waals surface area contributed by atoms with Gasteiger partial charge in [0.2, 0.25) is 0 Å². The molecule has 142 valence electrons. The van der Waals surface area contributed by atoms with Crippen LogP contribution in [0.1, 0.15) is 35.0 Å². The highest BCUT2D eigenvalue weighted by Gasteiger charge is 2.17. The molecule has 3 aromatic heterocycles. The van der Waals surface area contributed by atoms with Crippen LogP contribution in [0.2, 0.25) is 0 Å². The van der Waals surface area contributed by atoms with Crippen molar-refractivity contribution in [3.8, 4) is 5.82 Å². The highest BCUT2D eigenvalue weighted by Crippen LogP contribution is 2.19. The molecule has 0 aliphatic carbocycles. The molecule has 6 nitrogen and oxygen atoms in total.